The van der Waals surface area contributed by atoms with Crippen LogP contribution in [0.15, 0.2) is 85.1 Å². The monoisotopic (exact) mass is 370 g/mol. The summed E-state index contributed by atoms with van der Waals surface area (Å²) in [5.41, 5.74) is 13.1. The molecule has 0 radical (unpaired) electrons. The first-order valence-corrected chi connectivity index (χ1v) is 9.28. The predicted octanol–water partition coefficient (Wildman–Crippen LogP) is 6.33. The summed E-state index contributed by atoms with van der Waals surface area (Å²) in [7, 11) is 0. The lowest BCUT2D eigenvalue weighted by Crippen LogP contribution is -2.08. The van der Waals surface area contributed by atoms with Gasteiger partial charge in [0.05, 0.1) is 11.4 Å². The third kappa shape index (κ3) is 4.44. The highest BCUT2D eigenvalue weighted by molar-refractivity contribution is 5.81. The van der Waals surface area contributed by atoms with Crippen LogP contribution >= 0.6 is 0 Å². The van der Waals surface area contributed by atoms with Gasteiger partial charge in [-0.2, -0.15) is 0 Å². The van der Waals surface area contributed by atoms with Gasteiger partial charge >= 0.3 is 0 Å². The first kappa shape index (κ1) is 19.3. The molecule has 0 fully saturated rings. The van der Waals surface area contributed by atoms with Crippen LogP contribution in [0, 0.1) is 20.8 Å². The van der Waals surface area contributed by atoms with Gasteiger partial charge in [-0.3, -0.25) is 0 Å². The Morgan fingerprint density at radius 3 is 2.29 bits per heavy atom. The van der Waals surface area contributed by atoms with E-state index in [1.54, 1.807) is 6.08 Å². The van der Waals surface area contributed by atoms with Crippen LogP contribution in [0.5, 0.6) is 11.5 Å². The Kier molecular flexibility index (Phi) is 5.85. The fourth-order valence-electron chi connectivity index (χ4n) is 3.04. The van der Waals surface area contributed by atoms with Crippen molar-refractivity contribution in [2.24, 2.45) is 5.73 Å². The van der Waals surface area contributed by atoms with E-state index in [0.29, 0.717) is 5.70 Å². The molecule has 0 heterocycles. The molecule has 0 aliphatic carbocycles. The minimum atomic E-state index is 0.604. The summed E-state index contributed by atoms with van der Waals surface area (Å²) in [6.07, 6.45) is 1.66. The highest BCUT2D eigenvalue weighted by atomic mass is 16.5. The normalized spacial score (nSPS) is 11.5. The second kappa shape index (κ2) is 8.49. The topological polar surface area (TPSA) is 47.3 Å². The standard InChI is InChI=1S/C25H26N2O/c1-5-23(26)25(22-15-10-17(2)16-19(22)4)27-20-11-13-21(14-12-20)28-24-9-7-6-8-18(24)3/h5-16,27H,1,26H2,2-4H3/b25-23-. The van der Waals surface area contributed by atoms with Crippen molar-refractivity contribution in [1.29, 1.82) is 0 Å². The Morgan fingerprint density at radius 2 is 1.64 bits per heavy atom. The number of hydrogen-bond acceptors (Lipinski definition) is 3. The van der Waals surface area contributed by atoms with E-state index in [-0.39, 0.29) is 0 Å². The quantitative estimate of drug-likeness (QED) is 0.498. The van der Waals surface area contributed by atoms with E-state index in [4.69, 9.17) is 10.5 Å². The van der Waals surface area contributed by atoms with Crippen LogP contribution < -0.4 is 15.8 Å². The molecule has 0 amide bonds. The average molecular weight is 370 g/mol. The summed E-state index contributed by atoms with van der Waals surface area (Å²) in [6, 6.07) is 22.1. The lowest BCUT2D eigenvalue weighted by atomic mass is 10.0. The fraction of sp³-hybridized carbons (Fsp3) is 0.120. The number of para-hydroxylation sites is 1. The van der Waals surface area contributed by atoms with Crippen LogP contribution in [-0.4, -0.2) is 0 Å². The predicted molar refractivity (Wildman–Crippen MR) is 119 cm³/mol. The molecule has 142 valence electrons. The number of hydrogen-bond donors (Lipinski definition) is 2. The molecular formula is C25H26N2O. The Bertz CT molecular complexity index is 1020. The van der Waals surface area contributed by atoms with Crippen LogP contribution in [0.1, 0.15) is 22.3 Å². The van der Waals surface area contributed by atoms with E-state index < -0.39 is 0 Å². The largest absolute Gasteiger partial charge is 0.457 e. The number of ether oxygens (including phenoxy) is 1. The van der Waals surface area contributed by atoms with Crippen molar-refractivity contribution in [2.45, 2.75) is 20.8 Å². The second-order valence-corrected chi connectivity index (χ2v) is 6.87. The van der Waals surface area contributed by atoms with E-state index in [2.05, 4.69) is 43.9 Å². The molecule has 3 aromatic carbocycles. The van der Waals surface area contributed by atoms with Gasteiger partial charge in [0.2, 0.25) is 0 Å². The number of nitrogens with two attached hydrogens (primary N) is 1. The average Bonchev–Trinajstić information content (AvgIpc) is 2.69. The maximum Gasteiger partial charge on any atom is 0.130 e. The molecule has 0 aliphatic heterocycles. The van der Waals surface area contributed by atoms with E-state index in [9.17, 15) is 0 Å². The summed E-state index contributed by atoms with van der Waals surface area (Å²) in [6.45, 7) is 10.0. The van der Waals surface area contributed by atoms with Gasteiger partial charge in [0.1, 0.15) is 11.5 Å². The third-order valence-electron chi connectivity index (χ3n) is 4.60. The van der Waals surface area contributed by atoms with Crippen molar-refractivity contribution < 1.29 is 4.74 Å². The van der Waals surface area contributed by atoms with Gasteiger partial charge in [-0.05, 0) is 68.3 Å². The second-order valence-electron chi connectivity index (χ2n) is 6.87. The SMILES string of the molecule is C=C/C(N)=C(/Nc1ccc(Oc2ccccc2C)cc1)c1ccc(C)cc1C. The highest BCUT2D eigenvalue weighted by Gasteiger charge is 2.10. The zero-order valence-electron chi connectivity index (χ0n) is 16.6. The van der Waals surface area contributed by atoms with Crippen molar-refractivity contribution >= 4 is 11.4 Å². The van der Waals surface area contributed by atoms with E-state index in [0.717, 1.165) is 39.6 Å². The first-order valence-electron chi connectivity index (χ1n) is 9.28. The number of aryl methyl sites for hydroxylation is 3. The van der Waals surface area contributed by atoms with Crippen molar-refractivity contribution in [3.05, 3.63) is 107 Å². The van der Waals surface area contributed by atoms with Crippen molar-refractivity contribution in [3.63, 3.8) is 0 Å². The molecule has 3 rings (SSSR count). The lowest BCUT2D eigenvalue weighted by molar-refractivity contribution is 0.479. The Balaban J connectivity index is 1.84. The zero-order valence-corrected chi connectivity index (χ0v) is 16.6. The molecule has 0 atom stereocenters. The maximum atomic E-state index is 6.23. The highest BCUT2D eigenvalue weighted by Crippen LogP contribution is 2.28. The Hall–Kier alpha value is -3.46. The number of benzene rings is 3. The smallest absolute Gasteiger partial charge is 0.130 e. The van der Waals surface area contributed by atoms with Gasteiger partial charge in [0.15, 0.2) is 0 Å². The molecule has 0 saturated heterocycles. The van der Waals surface area contributed by atoms with Gasteiger partial charge in [-0.1, -0.05) is 48.5 Å². The van der Waals surface area contributed by atoms with Gasteiger partial charge in [-0.25, -0.2) is 0 Å². The number of rotatable bonds is 6. The van der Waals surface area contributed by atoms with Crippen molar-refractivity contribution in [1.82, 2.24) is 0 Å². The molecule has 0 unspecified atom stereocenters. The Labute approximate surface area is 167 Å². The molecule has 3 aromatic rings. The molecule has 0 aromatic heterocycles. The summed E-state index contributed by atoms with van der Waals surface area (Å²) in [4.78, 5) is 0. The molecule has 28 heavy (non-hydrogen) atoms. The molecule has 0 bridgehead atoms. The molecule has 0 spiro atoms. The van der Waals surface area contributed by atoms with E-state index >= 15 is 0 Å². The van der Waals surface area contributed by atoms with E-state index in [1.807, 2.05) is 55.5 Å². The molecule has 3 N–H and O–H groups in total. The van der Waals surface area contributed by atoms with Crippen LogP contribution in [-0.2, 0) is 0 Å². The fourth-order valence-corrected chi connectivity index (χ4v) is 3.04. The number of nitrogens with one attached hydrogen (secondary N) is 1. The lowest BCUT2D eigenvalue weighted by Gasteiger charge is -2.17. The number of anilines is 1. The van der Waals surface area contributed by atoms with Crippen molar-refractivity contribution in [2.75, 3.05) is 5.32 Å². The minimum absolute atomic E-state index is 0.604. The van der Waals surface area contributed by atoms with Crippen LogP contribution in [0.25, 0.3) is 5.70 Å². The van der Waals surface area contributed by atoms with Gasteiger partial charge in [0, 0.05) is 11.3 Å². The van der Waals surface area contributed by atoms with Gasteiger partial charge in [-0.15, -0.1) is 0 Å². The summed E-state index contributed by atoms with van der Waals surface area (Å²) >= 11 is 0. The minimum Gasteiger partial charge on any atom is -0.457 e. The molecule has 0 aliphatic rings. The van der Waals surface area contributed by atoms with Crippen LogP contribution in [0.3, 0.4) is 0 Å². The molecule has 0 saturated carbocycles. The van der Waals surface area contributed by atoms with Gasteiger partial charge in [0.25, 0.3) is 0 Å². The Morgan fingerprint density at radius 1 is 0.929 bits per heavy atom. The summed E-state index contributed by atoms with van der Waals surface area (Å²) in [5, 5.41) is 3.44. The number of allylic oxidation sites excluding steroid dienone is 1. The van der Waals surface area contributed by atoms with Crippen LogP contribution in [0.2, 0.25) is 0 Å². The molecule has 3 nitrogen and oxygen atoms in total. The van der Waals surface area contributed by atoms with Crippen LogP contribution in [0.4, 0.5) is 5.69 Å². The van der Waals surface area contributed by atoms with Crippen molar-refractivity contribution in [3.8, 4) is 11.5 Å². The summed E-state index contributed by atoms with van der Waals surface area (Å²) in [5.74, 6) is 1.64. The summed E-state index contributed by atoms with van der Waals surface area (Å²) < 4.78 is 5.97. The third-order valence-corrected chi connectivity index (χ3v) is 4.60. The molecular weight excluding hydrogens is 344 g/mol. The van der Waals surface area contributed by atoms with Gasteiger partial charge < -0.3 is 15.8 Å². The zero-order chi connectivity index (χ0) is 20.1. The first-order chi connectivity index (χ1) is 13.5. The maximum absolute atomic E-state index is 6.23. The van der Waals surface area contributed by atoms with E-state index in [1.165, 1.54) is 5.56 Å². The molecule has 3 heteroatoms.